The molecule has 3 fully saturated rings. The van der Waals surface area contributed by atoms with Gasteiger partial charge in [-0.15, -0.1) is 11.8 Å². The summed E-state index contributed by atoms with van der Waals surface area (Å²) in [5, 5.41) is 12.3. The highest BCUT2D eigenvalue weighted by Crippen LogP contribution is 2.43. The van der Waals surface area contributed by atoms with Gasteiger partial charge in [0.25, 0.3) is 0 Å². The Labute approximate surface area is 399 Å². The molecule has 0 aromatic carbocycles. The van der Waals surface area contributed by atoms with Crippen molar-refractivity contribution in [1.82, 2.24) is 4.90 Å². The highest BCUT2D eigenvalue weighted by Gasteiger charge is 2.55. The molecule has 1 unspecified atom stereocenters. The van der Waals surface area contributed by atoms with Crippen LogP contribution >= 0.6 is 11.8 Å². The predicted octanol–water partition coefficient (Wildman–Crippen LogP) is 6.91. The van der Waals surface area contributed by atoms with Gasteiger partial charge in [-0.25, -0.2) is 0 Å². The quantitative estimate of drug-likeness (QED) is 0.0822. The van der Waals surface area contributed by atoms with E-state index in [0.717, 1.165) is 0 Å². The fraction of sp³-hybridized carbons (Fsp3) is 0.854. The summed E-state index contributed by atoms with van der Waals surface area (Å²) < 4.78 is 71.1. The molecule has 16 nitrogen and oxygen atoms in total. The molecule has 4 aliphatic heterocycles. The molecule has 66 heavy (non-hydrogen) atoms. The minimum Gasteiger partial charge on any atom is -0.462 e. The Morgan fingerprint density at radius 2 is 1.67 bits per heavy atom. The van der Waals surface area contributed by atoms with Crippen LogP contribution in [0.1, 0.15) is 108 Å². The normalized spacial score (nSPS) is 39.7. The zero-order valence-electron chi connectivity index (χ0n) is 42.5. The molecule has 17 atom stereocenters. The summed E-state index contributed by atoms with van der Waals surface area (Å²) in [5.41, 5.74) is -0.930. The SMILES string of the molecule is CCC(=O)O[C@H]1[C@H](C)O[C@@H](O[C@H]2[C@H](N(C)C)[C@@H](O)[C@H](O[C@H]3[C@H]4CC(O[Si](C)(C)C(C)(C)C)O[C@H](CC(=O)O[C@H](C)C/C=C/C=C/[C@H](OC(C)=O)[C@H](C)C4)[C@@H]3OC)O[C@@H]2C)C[C@@]1(C)OCSC. The zero-order chi connectivity index (χ0) is 49.3. The summed E-state index contributed by atoms with van der Waals surface area (Å²) in [6.07, 6.45) is 0.752. The van der Waals surface area contributed by atoms with E-state index in [4.69, 9.17) is 51.8 Å². The Morgan fingerprint density at radius 3 is 2.27 bits per heavy atom. The fourth-order valence-corrected chi connectivity index (χ4v) is 10.7. The second-order valence-corrected chi connectivity index (χ2v) is 26.0. The third-order valence-electron chi connectivity index (χ3n) is 13.7. The van der Waals surface area contributed by atoms with Crippen LogP contribution in [0.4, 0.5) is 0 Å². The molecule has 2 bridgehead atoms. The first-order valence-electron chi connectivity index (χ1n) is 23.7. The third kappa shape index (κ3) is 15.0. The largest absolute Gasteiger partial charge is 0.462 e. The lowest BCUT2D eigenvalue weighted by Gasteiger charge is -2.51. The summed E-state index contributed by atoms with van der Waals surface area (Å²) in [4.78, 5) is 40.6. The maximum absolute atomic E-state index is 13.8. The second kappa shape index (κ2) is 24.7. The lowest BCUT2D eigenvalue weighted by molar-refractivity contribution is -0.345. The van der Waals surface area contributed by atoms with E-state index < -0.39 is 118 Å². The number of aliphatic hydroxyl groups excluding tert-OH is 1. The van der Waals surface area contributed by atoms with E-state index in [1.165, 1.54) is 18.7 Å². The molecule has 380 valence electrons. The number of fused-ring (bicyclic) bond motifs is 3. The molecule has 1 N–H and O–H groups in total. The molecule has 0 spiro atoms. The van der Waals surface area contributed by atoms with Gasteiger partial charge in [0.2, 0.25) is 0 Å². The van der Waals surface area contributed by atoms with Crippen molar-refractivity contribution >= 4 is 38.0 Å². The number of aliphatic hydroxyl groups is 1. The van der Waals surface area contributed by atoms with E-state index in [1.807, 2.05) is 84.2 Å². The molecule has 0 saturated carbocycles. The van der Waals surface area contributed by atoms with Crippen LogP contribution in [-0.4, -0.2) is 161 Å². The van der Waals surface area contributed by atoms with Gasteiger partial charge in [0.15, 0.2) is 27.0 Å². The minimum absolute atomic E-state index is 0.152. The lowest BCUT2D eigenvalue weighted by atomic mass is 9.83. The monoisotopic (exact) mass is 974 g/mol. The highest BCUT2D eigenvalue weighted by atomic mass is 32.2. The first-order chi connectivity index (χ1) is 30.8. The molecule has 0 aromatic rings. The van der Waals surface area contributed by atoms with E-state index in [0.29, 0.717) is 25.2 Å². The number of hydrogen-bond acceptors (Lipinski definition) is 17. The first kappa shape index (κ1) is 56.6. The van der Waals surface area contributed by atoms with Gasteiger partial charge in [-0.2, -0.15) is 0 Å². The van der Waals surface area contributed by atoms with E-state index in [1.54, 1.807) is 14.0 Å². The van der Waals surface area contributed by atoms with Crippen molar-refractivity contribution in [2.24, 2.45) is 11.8 Å². The summed E-state index contributed by atoms with van der Waals surface area (Å²) in [6.45, 7) is 23.4. The van der Waals surface area contributed by atoms with Crippen molar-refractivity contribution < 1.29 is 71.3 Å². The molecule has 3 saturated heterocycles. The van der Waals surface area contributed by atoms with Crippen LogP contribution in [-0.2, 0) is 66.2 Å². The average molecular weight is 974 g/mol. The number of carbonyl (C=O) groups excluding carboxylic acids is 3. The van der Waals surface area contributed by atoms with Crippen molar-refractivity contribution in [2.45, 2.75) is 217 Å². The Kier molecular flexibility index (Phi) is 21.2. The van der Waals surface area contributed by atoms with Gasteiger partial charge >= 0.3 is 17.9 Å². The van der Waals surface area contributed by atoms with Crippen LogP contribution in [0.15, 0.2) is 24.3 Å². The molecule has 0 amide bonds. The number of likely N-dealkylation sites (N-methyl/N-ethyl adjacent to an activating group) is 1. The van der Waals surface area contributed by atoms with Gasteiger partial charge in [-0.1, -0.05) is 52.8 Å². The molecule has 18 heteroatoms. The summed E-state index contributed by atoms with van der Waals surface area (Å²) in [5.74, 6) is -1.48. The number of ether oxygens (including phenoxy) is 10. The fourth-order valence-electron chi connectivity index (χ4n) is 9.19. The summed E-state index contributed by atoms with van der Waals surface area (Å²) in [7, 11) is 2.80. The van der Waals surface area contributed by atoms with Crippen molar-refractivity contribution in [2.75, 3.05) is 33.4 Å². The predicted molar refractivity (Wildman–Crippen MR) is 253 cm³/mol. The van der Waals surface area contributed by atoms with Crippen LogP contribution in [0.5, 0.6) is 0 Å². The molecular weight excluding hydrogens is 891 g/mol. The lowest BCUT2D eigenvalue weighted by Crippen LogP contribution is -2.66. The molecule has 4 rings (SSSR count). The number of carbonyl (C=O) groups is 3. The Balaban J connectivity index is 1.75. The summed E-state index contributed by atoms with van der Waals surface area (Å²) >= 11 is 1.51. The van der Waals surface area contributed by atoms with Crippen molar-refractivity contribution in [1.29, 1.82) is 0 Å². The van der Waals surface area contributed by atoms with E-state index in [-0.39, 0.29) is 36.2 Å². The molecular formula is C48H83NO15SSi. The van der Waals surface area contributed by atoms with Crippen LogP contribution in [0.2, 0.25) is 18.1 Å². The number of allylic oxidation sites excluding steroid dienone is 2. The molecule has 4 heterocycles. The third-order valence-corrected chi connectivity index (χ3v) is 18.5. The Hall–Kier alpha value is -1.94. The van der Waals surface area contributed by atoms with Gasteiger partial charge in [-0.05, 0) is 90.5 Å². The van der Waals surface area contributed by atoms with Crippen LogP contribution in [0.25, 0.3) is 0 Å². The van der Waals surface area contributed by atoms with Crippen molar-refractivity contribution in [3.63, 3.8) is 0 Å². The van der Waals surface area contributed by atoms with Gasteiger partial charge < -0.3 is 61.8 Å². The number of hydrogen-bond donors (Lipinski definition) is 1. The van der Waals surface area contributed by atoms with Crippen LogP contribution in [0, 0.1) is 11.8 Å². The van der Waals surface area contributed by atoms with Crippen LogP contribution < -0.4 is 0 Å². The number of rotatable bonds is 14. The topological polar surface area (TPSA) is 176 Å². The maximum atomic E-state index is 13.8. The summed E-state index contributed by atoms with van der Waals surface area (Å²) in [6, 6.07) is -0.661. The first-order valence-corrected chi connectivity index (χ1v) is 28.0. The molecule has 0 radical (unpaired) electrons. The van der Waals surface area contributed by atoms with Crippen molar-refractivity contribution in [3.8, 4) is 0 Å². The number of cyclic esters (lactones) is 1. The second-order valence-electron chi connectivity index (χ2n) is 20.5. The smallest absolute Gasteiger partial charge is 0.308 e. The molecule has 0 aliphatic carbocycles. The Morgan fingerprint density at radius 1 is 0.970 bits per heavy atom. The maximum Gasteiger partial charge on any atom is 0.308 e. The van der Waals surface area contributed by atoms with Crippen LogP contribution in [0.3, 0.4) is 0 Å². The number of thioether (sulfide) groups is 1. The van der Waals surface area contributed by atoms with E-state index >= 15 is 0 Å². The van der Waals surface area contributed by atoms with E-state index in [9.17, 15) is 19.5 Å². The zero-order valence-corrected chi connectivity index (χ0v) is 44.3. The number of methoxy groups -OCH3 is 1. The standard InChI is InChI=1S/C48H83NO15SSi/c1-17-36(51)61-45-31(5)57-39(26-48(45,10)55-27-65-14)62-42-30(4)58-46(41(53)40(42)49(11)12)63-43-33-23-28(2)34(59-32(6)50)22-20-18-19-21-29(3)56-37(52)25-35(44(43)54-13)60-38(24-33)64-66(15,16)47(7,8)9/h18-20,22,28-31,33-35,38-46,53H,17,21,23-27H2,1-16H3/b19-18+,22-20+/t28-,29-,30-,31+,33-,34+,35-,38?,39+,40-,41-,42-,43+,44+,45+,46+,48-/m1/s1. The van der Waals surface area contributed by atoms with E-state index in [2.05, 4.69) is 33.9 Å². The molecule has 4 aliphatic rings. The van der Waals surface area contributed by atoms with Gasteiger partial charge in [0.05, 0.1) is 42.8 Å². The Bertz CT molecular complexity index is 1630. The highest BCUT2D eigenvalue weighted by molar-refractivity contribution is 7.98. The van der Waals surface area contributed by atoms with Gasteiger partial charge in [0.1, 0.15) is 42.4 Å². The number of nitrogens with zero attached hydrogens (tertiary/aromatic N) is 1. The van der Waals surface area contributed by atoms with Crippen molar-refractivity contribution in [3.05, 3.63) is 24.3 Å². The average Bonchev–Trinajstić information content (AvgIpc) is 3.33. The van der Waals surface area contributed by atoms with Gasteiger partial charge in [0, 0.05) is 39.7 Å². The minimum atomic E-state index is -2.47. The van der Waals surface area contributed by atoms with Gasteiger partial charge in [-0.3, -0.25) is 14.4 Å². The molecule has 0 aromatic heterocycles. The number of esters is 3.